The lowest BCUT2D eigenvalue weighted by atomic mass is 9.97. The number of hydrogen-bond acceptors (Lipinski definition) is 2. The highest BCUT2D eigenvalue weighted by Gasteiger charge is 2.17. The molecule has 2 heteroatoms. The van der Waals surface area contributed by atoms with Crippen LogP contribution in [0.3, 0.4) is 0 Å². The van der Waals surface area contributed by atoms with Crippen LogP contribution >= 0.6 is 0 Å². The molecule has 0 amide bonds. The fraction of sp³-hybridized carbons (Fsp3) is 0.444. The largest absolute Gasteiger partial charge is 0.490 e. The zero-order valence-corrected chi connectivity index (χ0v) is 12.2. The Balaban J connectivity index is 1.94. The molecule has 3 rings (SSSR count). The summed E-state index contributed by atoms with van der Waals surface area (Å²) in [4.78, 5) is 0. The molecule has 0 bridgehead atoms. The van der Waals surface area contributed by atoms with E-state index in [-0.39, 0.29) is 0 Å². The number of hydrogen-bond donors (Lipinski definition) is 1. The minimum atomic E-state index is 0.403. The standard InChI is InChI=1S/C18H23NO/c1-19-13-17-16-10-6-5-7-14(16)11-12-18(17)20-15-8-3-2-4-9-15/h5-7,10-12,15,19H,2-4,8-9,13H2,1H3. The first-order valence-corrected chi connectivity index (χ1v) is 7.70. The maximum absolute atomic E-state index is 6.31. The Kier molecular flexibility index (Phi) is 4.22. The van der Waals surface area contributed by atoms with Crippen molar-refractivity contribution in [1.82, 2.24) is 5.32 Å². The lowest BCUT2D eigenvalue weighted by Crippen LogP contribution is -2.21. The van der Waals surface area contributed by atoms with Crippen LogP contribution < -0.4 is 10.1 Å². The van der Waals surface area contributed by atoms with Gasteiger partial charge in [0, 0.05) is 12.1 Å². The molecule has 0 saturated heterocycles. The van der Waals surface area contributed by atoms with Crippen molar-refractivity contribution in [1.29, 1.82) is 0 Å². The summed E-state index contributed by atoms with van der Waals surface area (Å²) in [6.45, 7) is 0.851. The molecule has 1 fully saturated rings. The summed E-state index contributed by atoms with van der Waals surface area (Å²) >= 11 is 0. The van der Waals surface area contributed by atoms with Gasteiger partial charge in [0.15, 0.2) is 0 Å². The predicted octanol–water partition coefficient (Wildman–Crippen LogP) is 4.27. The van der Waals surface area contributed by atoms with Crippen molar-refractivity contribution in [3.05, 3.63) is 42.0 Å². The summed E-state index contributed by atoms with van der Waals surface area (Å²) in [5, 5.41) is 5.86. The van der Waals surface area contributed by atoms with Crippen molar-refractivity contribution >= 4 is 10.8 Å². The highest BCUT2D eigenvalue weighted by Crippen LogP contribution is 2.31. The summed E-state index contributed by atoms with van der Waals surface area (Å²) in [5.41, 5.74) is 1.29. The smallest absolute Gasteiger partial charge is 0.124 e. The van der Waals surface area contributed by atoms with Crippen molar-refractivity contribution in [2.45, 2.75) is 44.8 Å². The minimum Gasteiger partial charge on any atom is -0.490 e. The van der Waals surface area contributed by atoms with Crippen molar-refractivity contribution in [2.75, 3.05) is 7.05 Å². The molecule has 1 aliphatic rings. The highest BCUT2D eigenvalue weighted by molar-refractivity contribution is 5.87. The molecule has 0 unspecified atom stereocenters. The van der Waals surface area contributed by atoms with E-state index in [1.807, 2.05) is 7.05 Å². The minimum absolute atomic E-state index is 0.403. The van der Waals surface area contributed by atoms with Crippen molar-refractivity contribution < 1.29 is 4.74 Å². The maximum atomic E-state index is 6.31. The first-order chi connectivity index (χ1) is 9.88. The van der Waals surface area contributed by atoms with E-state index in [2.05, 4.69) is 41.7 Å². The molecule has 20 heavy (non-hydrogen) atoms. The van der Waals surface area contributed by atoms with Gasteiger partial charge in [-0.1, -0.05) is 36.8 Å². The van der Waals surface area contributed by atoms with Gasteiger partial charge >= 0.3 is 0 Å². The molecular weight excluding hydrogens is 246 g/mol. The fourth-order valence-electron chi connectivity index (χ4n) is 3.15. The van der Waals surface area contributed by atoms with Crippen LogP contribution in [0, 0.1) is 0 Å². The summed E-state index contributed by atoms with van der Waals surface area (Å²) in [6, 6.07) is 12.9. The first-order valence-electron chi connectivity index (χ1n) is 7.70. The predicted molar refractivity (Wildman–Crippen MR) is 84.2 cm³/mol. The fourth-order valence-corrected chi connectivity index (χ4v) is 3.15. The number of fused-ring (bicyclic) bond motifs is 1. The molecule has 1 saturated carbocycles. The lowest BCUT2D eigenvalue weighted by molar-refractivity contribution is 0.153. The van der Waals surface area contributed by atoms with Gasteiger partial charge in [-0.05, 0) is 49.6 Å². The number of ether oxygens (including phenoxy) is 1. The lowest BCUT2D eigenvalue weighted by Gasteiger charge is -2.25. The van der Waals surface area contributed by atoms with Crippen LogP contribution in [0.4, 0.5) is 0 Å². The molecule has 0 radical (unpaired) electrons. The Morgan fingerprint density at radius 3 is 2.65 bits per heavy atom. The normalized spacial score (nSPS) is 16.4. The molecule has 0 aliphatic heterocycles. The Labute approximate surface area is 121 Å². The number of rotatable bonds is 4. The van der Waals surface area contributed by atoms with Gasteiger partial charge in [-0.3, -0.25) is 0 Å². The number of nitrogens with one attached hydrogen (secondary N) is 1. The quantitative estimate of drug-likeness (QED) is 0.895. The third kappa shape index (κ3) is 2.80. The molecule has 106 valence electrons. The van der Waals surface area contributed by atoms with Crippen LogP contribution in [0.2, 0.25) is 0 Å². The zero-order valence-electron chi connectivity index (χ0n) is 12.2. The van der Waals surface area contributed by atoms with Gasteiger partial charge in [0.2, 0.25) is 0 Å². The molecule has 0 heterocycles. The third-order valence-electron chi connectivity index (χ3n) is 4.20. The monoisotopic (exact) mass is 269 g/mol. The molecule has 0 atom stereocenters. The SMILES string of the molecule is CNCc1c(OC2CCCCC2)ccc2ccccc12. The molecular formula is C18H23NO. The molecule has 1 aliphatic carbocycles. The van der Waals surface area contributed by atoms with Crippen LogP contribution in [0.15, 0.2) is 36.4 Å². The van der Waals surface area contributed by atoms with Gasteiger partial charge in [0.25, 0.3) is 0 Å². The Hall–Kier alpha value is -1.54. The summed E-state index contributed by atoms with van der Waals surface area (Å²) in [7, 11) is 1.99. The van der Waals surface area contributed by atoms with Gasteiger partial charge in [-0.2, -0.15) is 0 Å². The Morgan fingerprint density at radius 2 is 1.85 bits per heavy atom. The summed E-state index contributed by atoms with van der Waals surface area (Å²) in [5.74, 6) is 1.06. The van der Waals surface area contributed by atoms with Crippen LogP contribution in [0.25, 0.3) is 10.8 Å². The van der Waals surface area contributed by atoms with E-state index < -0.39 is 0 Å². The third-order valence-corrected chi connectivity index (χ3v) is 4.20. The number of benzene rings is 2. The topological polar surface area (TPSA) is 21.3 Å². The van der Waals surface area contributed by atoms with Gasteiger partial charge in [0.1, 0.15) is 5.75 Å². The van der Waals surface area contributed by atoms with Crippen LogP contribution in [-0.4, -0.2) is 13.2 Å². The van der Waals surface area contributed by atoms with E-state index in [1.54, 1.807) is 0 Å². The van der Waals surface area contributed by atoms with Gasteiger partial charge in [-0.25, -0.2) is 0 Å². The first kappa shape index (κ1) is 13.4. The van der Waals surface area contributed by atoms with Crippen molar-refractivity contribution in [2.24, 2.45) is 0 Å². The van der Waals surface area contributed by atoms with E-state index in [9.17, 15) is 0 Å². The van der Waals surface area contributed by atoms with Crippen molar-refractivity contribution in [3.8, 4) is 5.75 Å². The summed E-state index contributed by atoms with van der Waals surface area (Å²) < 4.78 is 6.31. The van der Waals surface area contributed by atoms with E-state index >= 15 is 0 Å². The van der Waals surface area contributed by atoms with E-state index in [1.165, 1.54) is 48.4 Å². The van der Waals surface area contributed by atoms with Gasteiger partial charge < -0.3 is 10.1 Å². The van der Waals surface area contributed by atoms with E-state index in [0.717, 1.165) is 12.3 Å². The van der Waals surface area contributed by atoms with Gasteiger partial charge in [-0.15, -0.1) is 0 Å². The second-order valence-electron chi connectivity index (χ2n) is 5.67. The molecule has 1 N–H and O–H groups in total. The second-order valence-corrected chi connectivity index (χ2v) is 5.67. The maximum Gasteiger partial charge on any atom is 0.124 e. The molecule has 0 aromatic heterocycles. The highest BCUT2D eigenvalue weighted by atomic mass is 16.5. The van der Waals surface area contributed by atoms with E-state index in [4.69, 9.17) is 4.74 Å². The zero-order chi connectivity index (χ0) is 13.8. The molecule has 2 aromatic carbocycles. The average Bonchev–Trinajstić information content (AvgIpc) is 2.51. The van der Waals surface area contributed by atoms with Crippen LogP contribution in [0.1, 0.15) is 37.7 Å². The van der Waals surface area contributed by atoms with E-state index in [0.29, 0.717) is 6.10 Å². The Bertz CT molecular complexity index is 573. The van der Waals surface area contributed by atoms with Crippen molar-refractivity contribution in [3.63, 3.8) is 0 Å². The van der Waals surface area contributed by atoms with Crippen LogP contribution in [0.5, 0.6) is 5.75 Å². The second kappa shape index (κ2) is 6.27. The summed E-state index contributed by atoms with van der Waals surface area (Å²) in [6.07, 6.45) is 6.78. The Morgan fingerprint density at radius 1 is 1.05 bits per heavy atom. The molecule has 2 aromatic rings. The van der Waals surface area contributed by atoms with Gasteiger partial charge in [0.05, 0.1) is 6.10 Å². The average molecular weight is 269 g/mol. The van der Waals surface area contributed by atoms with Crippen LogP contribution in [-0.2, 0) is 6.54 Å². The molecule has 0 spiro atoms. The molecule has 2 nitrogen and oxygen atoms in total.